The summed E-state index contributed by atoms with van der Waals surface area (Å²) in [7, 11) is 0. The molecule has 0 unspecified atom stereocenters. The SMILES string of the molecule is C[C@@H](C(=O)N1C[C@@H](F)C[C@H]1c1ncc(-c2ccc(-c3ccc(-c4cnc([C@@H]5C[C@H](F)CN5C(=O)OC(C)(C)C)[nH]4)cc3)cc2)[nH]1)c1ccccc1. The van der Waals surface area contributed by atoms with Crippen molar-refractivity contribution in [2.45, 2.75) is 76.5 Å². The number of hydrogen-bond donors (Lipinski definition) is 2. The number of ether oxygens (including phenoxy) is 1. The lowest BCUT2D eigenvalue weighted by atomic mass is 9.99. The number of aromatic amines is 2. The monoisotopic (exact) mass is 692 g/mol. The second kappa shape index (κ2) is 13.8. The number of carbonyl (C=O) groups is 2. The largest absolute Gasteiger partial charge is 0.444 e. The minimum atomic E-state index is -1.15. The van der Waals surface area contributed by atoms with Gasteiger partial charge >= 0.3 is 6.09 Å². The van der Waals surface area contributed by atoms with Gasteiger partial charge in [-0.15, -0.1) is 0 Å². The number of rotatable bonds is 7. The molecule has 264 valence electrons. The number of likely N-dealkylation sites (tertiary alicyclic amines) is 2. The van der Waals surface area contributed by atoms with Crippen molar-refractivity contribution in [2.75, 3.05) is 13.1 Å². The Balaban J connectivity index is 1.02. The summed E-state index contributed by atoms with van der Waals surface area (Å²) >= 11 is 0. The summed E-state index contributed by atoms with van der Waals surface area (Å²) in [6.07, 6.45) is 0.994. The van der Waals surface area contributed by atoms with Crippen LogP contribution in [0.1, 0.15) is 75.8 Å². The van der Waals surface area contributed by atoms with E-state index in [1.54, 1.807) is 38.1 Å². The van der Waals surface area contributed by atoms with Gasteiger partial charge in [0.1, 0.15) is 29.6 Å². The zero-order valence-corrected chi connectivity index (χ0v) is 29.1. The molecule has 2 N–H and O–H groups in total. The molecule has 0 spiro atoms. The van der Waals surface area contributed by atoms with Crippen molar-refractivity contribution in [1.29, 1.82) is 0 Å². The molecule has 3 aromatic carbocycles. The molecular weight excluding hydrogens is 650 g/mol. The quantitative estimate of drug-likeness (QED) is 0.178. The zero-order valence-electron chi connectivity index (χ0n) is 29.1. The summed E-state index contributed by atoms with van der Waals surface area (Å²) < 4.78 is 34.6. The van der Waals surface area contributed by atoms with E-state index in [1.807, 2.05) is 85.8 Å². The molecule has 0 radical (unpaired) electrons. The van der Waals surface area contributed by atoms with Crippen molar-refractivity contribution >= 4 is 12.0 Å². The number of aromatic nitrogens is 4. The summed E-state index contributed by atoms with van der Waals surface area (Å²) in [6.45, 7) is 7.24. The van der Waals surface area contributed by atoms with Crippen molar-refractivity contribution in [2.24, 2.45) is 0 Å². The number of alkyl halides is 2. The van der Waals surface area contributed by atoms with Crippen LogP contribution in [0.5, 0.6) is 0 Å². The molecule has 5 atom stereocenters. The Morgan fingerprint density at radius 1 is 0.725 bits per heavy atom. The van der Waals surface area contributed by atoms with Crippen molar-refractivity contribution in [3.8, 4) is 33.6 Å². The van der Waals surface area contributed by atoms with E-state index in [2.05, 4.69) is 19.9 Å². The third-order valence-electron chi connectivity index (χ3n) is 9.63. The van der Waals surface area contributed by atoms with Gasteiger partial charge in [0, 0.05) is 12.8 Å². The first-order chi connectivity index (χ1) is 24.4. The lowest BCUT2D eigenvalue weighted by Gasteiger charge is -2.27. The normalized spacial score (nSPS) is 21.2. The van der Waals surface area contributed by atoms with Crippen LogP contribution in [0, 0.1) is 0 Å². The summed E-state index contributed by atoms with van der Waals surface area (Å²) in [5.41, 5.74) is 5.65. The minimum absolute atomic E-state index is 0.0289. The first kappa shape index (κ1) is 34.1. The van der Waals surface area contributed by atoms with E-state index in [0.717, 1.165) is 39.2 Å². The zero-order chi connectivity index (χ0) is 35.9. The maximum Gasteiger partial charge on any atom is 0.411 e. The molecule has 2 fully saturated rings. The summed E-state index contributed by atoms with van der Waals surface area (Å²) in [4.78, 5) is 45.0. The van der Waals surface area contributed by atoms with Gasteiger partial charge in [-0.3, -0.25) is 9.69 Å². The summed E-state index contributed by atoms with van der Waals surface area (Å²) in [5.74, 6) is 0.610. The first-order valence-electron chi connectivity index (χ1n) is 17.4. The molecule has 2 aliphatic heterocycles. The molecule has 7 rings (SSSR count). The van der Waals surface area contributed by atoms with Crippen molar-refractivity contribution in [3.05, 3.63) is 108 Å². The van der Waals surface area contributed by atoms with Crippen LogP contribution in [0.4, 0.5) is 13.6 Å². The second-order valence-electron chi connectivity index (χ2n) is 14.5. The van der Waals surface area contributed by atoms with Crippen LogP contribution in [0.25, 0.3) is 33.6 Å². The van der Waals surface area contributed by atoms with Crippen LogP contribution in [0.3, 0.4) is 0 Å². The Labute approximate surface area is 296 Å². The van der Waals surface area contributed by atoms with Crippen molar-refractivity contribution in [3.63, 3.8) is 0 Å². The Morgan fingerprint density at radius 2 is 1.18 bits per heavy atom. The predicted molar refractivity (Wildman–Crippen MR) is 191 cm³/mol. The van der Waals surface area contributed by atoms with Gasteiger partial charge in [-0.1, -0.05) is 78.9 Å². The molecule has 0 bridgehead atoms. The van der Waals surface area contributed by atoms with Gasteiger partial charge in [0.15, 0.2) is 0 Å². The van der Waals surface area contributed by atoms with Crippen molar-refractivity contribution < 1.29 is 23.1 Å². The standard InChI is InChI=1S/C40H42F2N6O3/c1-24(25-8-6-5-7-9-25)38(49)47-22-30(41)18-34(47)36-43-20-32(45-36)28-14-10-26(11-15-28)27-12-16-29(17-13-27)33-21-44-37(46-33)35-19-31(42)23-48(35)39(50)51-40(2,3)4/h5-17,20-21,24,30-31,34-35H,18-19,22-23H2,1-4H3,(H,43,45)(H,44,46)/t24-,30+,31+,34+,35+/m1/s1. The number of benzene rings is 3. The minimum Gasteiger partial charge on any atom is -0.444 e. The number of H-pyrrole nitrogens is 2. The smallest absolute Gasteiger partial charge is 0.411 e. The molecule has 2 amide bonds. The second-order valence-corrected chi connectivity index (χ2v) is 14.5. The van der Waals surface area contributed by atoms with Crippen LogP contribution >= 0.6 is 0 Å². The Bertz CT molecular complexity index is 1990. The number of nitrogens with zero attached hydrogens (tertiary/aromatic N) is 4. The Morgan fingerprint density at radius 3 is 1.67 bits per heavy atom. The van der Waals surface area contributed by atoms with E-state index in [1.165, 1.54) is 4.90 Å². The average Bonchev–Trinajstić information content (AvgIpc) is 3.94. The summed E-state index contributed by atoms with van der Waals surface area (Å²) in [5, 5.41) is 0. The molecule has 2 saturated heterocycles. The molecule has 51 heavy (non-hydrogen) atoms. The van der Waals surface area contributed by atoms with Gasteiger partial charge in [-0.05, 0) is 55.5 Å². The molecule has 5 aromatic rings. The number of nitrogens with one attached hydrogen (secondary N) is 2. The highest BCUT2D eigenvalue weighted by Gasteiger charge is 2.41. The van der Waals surface area contributed by atoms with Crippen LogP contribution in [0.2, 0.25) is 0 Å². The number of halogens is 2. The molecule has 11 heteroatoms. The maximum atomic E-state index is 14.7. The highest BCUT2D eigenvalue weighted by molar-refractivity contribution is 5.84. The third kappa shape index (κ3) is 7.29. The molecule has 2 aliphatic rings. The van der Waals surface area contributed by atoms with E-state index >= 15 is 0 Å². The lowest BCUT2D eigenvalue weighted by molar-refractivity contribution is -0.133. The van der Waals surface area contributed by atoms with Crippen LogP contribution in [0.15, 0.2) is 91.3 Å². The van der Waals surface area contributed by atoms with E-state index in [0.29, 0.717) is 11.6 Å². The summed E-state index contributed by atoms with van der Waals surface area (Å²) in [6, 6.07) is 24.7. The predicted octanol–water partition coefficient (Wildman–Crippen LogP) is 8.57. The van der Waals surface area contributed by atoms with Crippen LogP contribution in [-0.2, 0) is 9.53 Å². The number of hydrogen-bond acceptors (Lipinski definition) is 5. The topological polar surface area (TPSA) is 107 Å². The van der Waals surface area contributed by atoms with E-state index in [9.17, 15) is 18.4 Å². The highest BCUT2D eigenvalue weighted by atomic mass is 19.1. The van der Waals surface area contributed by atoms with Crippen LogP contribution < -0.4 is 0 Å². The molecular formula is C40H42F2N6O3. The Hall–Kier alpha value is -5.32. The molecule has 0 aliphatic carbocycles. The van der Waals surface area contributed by atoms with E-state index in [4.69, 9.17) is 4.74 Å². The third-order valence-corrected chi connectivity index (χ3v) is 9.63. The van der Waals surface area contributed by atoms with Gasteiger partial charge in [-0.25, -0.2) is 23.5 Å². The Kier molecular flexibility index (Phi) is 9.22. The van der Waals surface area contributed by atoms with Crippen molar-refractivity contribution in [1.82, 2.24) is 29.7 Å². The van der Waals surface area contributed by atoms with Gasteiger partial charge in [-0.2, -0.15) is 0 Å². The van der Waals surface area contributed by atoms with Gasteiger partial charge < -0.3 is 19.6 Å². The average molecular weight is 693 g/mol. The van der Waals surface area contributed by atoms with Crippen LogP contribution in [-0.4, -0.2) is 72.8 Å². The maximum absolute atomic E-state index is 14.7. The van der Waals surface area contributed by atoms with Gasteiger partial charge in [0.2, 0.25) is 5.91 Å². The highest BCUT2D eigenvalue weighted by Crippen LogP contribution is 2.37. The van der Waals surface area contributed by atoms with E-state index in [-0.39, 0.29) is 37.8 Å². The van der Waals surface area contributed by atoms with Gasteiger partial charge in [0.25, 0.3) is 0 Å². The fourth-order valence-corrected chi connectivity index (χ4v) is 6.98. The lowest BCUT2D eigenvalue weighted by Crippen LogP contribution is -2.37. The fourth-order valence-electron chi connectivity index (χ4n) is 6.98. The first-order valence-corrected chi connectivity index (χ1v) is 17.4. The number of amides is 2. The number of carbonyl (C=O) groups excluding carboxylic acids is 2. The van der Waals surface area contributed by atoms with E-state index < -0.39 is 36.1 Å². The fraction of sp³-hybridized carbons (Fsp3) is 0.350. The molecule has 9 nitrogen and oxygen atoms in total. The molecule has 0 saturated carbocycles. The molecule has 2 aromatic heterocycles. The van der Waals surface area contributed by atoms with Gasteiger partial charge in [0.05, 0.1) is 54.9 Å². The molecule has 4 heterocycles. The number of imidazole rings is 2.